The highest BCUT2D eigenvalue weighted by molar-refractivity contribution is 7.90. The fourth-order valence-electron chi connectivity index (χ4n) is 1.75. The quantitative estimate of drug-likeness (QED) is 0.808. The van der Waals surface area contributed by atoms with Crippen molar-refractivity contribution >= 4 is 15.5 Å². The van der Waals surface area contributed by atoms with Crippen LogP contribution in [0.15, 0.2) is 24.3 Å². The molecule has 0 heterocycles. The van der Waals surface area contributed by atoms with E-state index in [1.165, 1.54) is 11.8 Å². The van der Waals surface area contributed by atoms with Gasteiger partial charge in [0.2, 0.25) is 0 Å². The molecule has 0 fully saturated rings. The maximum Gasteiger partial charge on any atom is 0.149 e. The third-order valence-corrected chi connectivity index (χ3v) is 3.66. The van der Waals surface area contributed by atoms with Crippen molar-refractivity contribution in [3.05, 3.63) is 29.8 Å². The molecular formula is C13H22N2O2S. The van der Waals surface area contributed by atoms with E-state index < -0.39 is 9.84 Å². The Kier molecular flexibility index (Phi) is 5.62. The van der Waals surface area contributed by atoms with Crippen LogP contribution in [0.4, 0.5) is 5.69 Å². The van der Waals surface area contributed by atoms with Crippen molar-refractivity contribution in [3.8, 4) is 0 Å². The van der Waals surface area contributed by atoms with Crippen LogP contribution < -0.4 is 10.6 Å². The van der Waals surface area contributed by atoms with E-state index in [0.717, 1.165) is 18.7 Å². The summed E-state index contributed by atoms with van der Waals surface area (Å²) >= 11 is 0. The average Bonchev–Trinajstić information content (AvgIpc) is 2.28. The molecule has 0 aliphatic carbocycles. The molecule has 0 amide bonds. The second-order valence-corrected chi connectivity index (χ2v) is 6.86. The third kappa shape index (κ3) is 5.51. The Hall–Kier alpha value is -1.07. The van der Waals surface area contributed by atoms with Crippen LogP contribution in [0.2, 0.25) is 0 Å². The van der Waals surface area contributed by atoms with Gasteiger partial charge in [-0.2, -0.15) is 0 Å². The zero-order valence-electron chi connectivity index (χ0n) is 11.1. The smallest absolute Gasteiger partial charge is 0.149 e. The fraction of sp³-hybridized carbons (Fsp3) is 0.538. The van der Waals surface area contributed by atoms with E-state index in [2.05, 4.69) is 11.0 Å². The number of nitrogens with two attached hydrogens (primary N) is 1. The van der Waals surface area contributed by atoms with Crippen LogP contribution in [0, 0.1) is 6.92 Å². The standard InChI is InChI=1S/C13H22N2O2S/c1-12-5-3-6-13(11-12)15(8-4-7-14)9-10-18(2,16)17/h3,5-6,11H,4,7-10,14H2,1-2H3. The second kappa shape index (κ2) is 6.75. The first-order chi connectivity index (χ1) is 8.42. The third-order valence-electron chi connectivity index (χ3n) is 2.73. The molecule has 5 heteroatoms. The number of anilines is 1. The van der Waals surface area contributed by atoms with E-state index in [0.29, 0.717) is 13.1 Å². The van der Waals surface area contributed by atoms with Gasteiger partial charge in [-0.05, 0) is 37.6 Å². The van der Waals surface area contributed by atoms with Crippen LogP contribution in [0.1, 0.15) is 12.0 Å². The molecule has 0 aliphatic heterocycles. The van der Waals surface area contributed by atoms with Gasteiger partial charge in [0.1, 0.15) is 9.84 Å². The highest BCUT2D eigenvalue weighted by atomic mass is 32.2. The number of nitrogens with zero attached hydrogens (tertiary/aromatic N) is 1. The van der Waals surface area contributed by atoms with Gasteiger partial charge in [-0.25, -0.2) is 8.42 Å². The minimum absolute atomic E-state index is 0.172. The monoisotopic (exact) mass is 270 g/mol. The number of aryl methyl sites for hydroxylation is 1. The van der Waals surface area contributed by atoms with Crippen LogP contribution in [0.25, 0.3) is 0 Å². The molecule has 2 N–H and O–H groups in total. The van der Waals surface area contributed by atoms with Crippen molar-refractivity contribution < 1.29 is 8.42 Å². The van der Waals surface area contributed by atoms with Gasteiger partial charge in [-0.1, -0.05) is 12.1 Å². The molecule has 0 saturated heterocycles. The fourth-order valence-corrected chi connectivity index (χ4v) is 2.30. The van der Waals surface area contributed by atoms with Gasteiger partial charge in [-0.15, -0.1) is 0 Å². The lowest BCUT2D eigenvalue weighted by Crippen LogP contribution is -2.31. The van der Waals surface area contributed by atoms with Crippen LogP contribution in [-0.4, -0.2) is 40.1 Å². The summed E-state index contributed by atoms with van der Waals surface area (Å²) in [7, 11) is -2.94. The normalized spacial score (nSPS) is 11.5. The lowest BCUT2D eigenvalue weighted by molar-refractivity contribution is 0.599. The Labute approximate surface area is 110 Å². The van der Waals surface area contributed by atoms with Crippen LogP contribution in [0.5, 0.6) is 0 Å². The molecule has 0 atom stereocenters. The number of sulfone groups is 1. The van der Waals surface area contributed by atoms with Gasteiger partial charge >= 0.3 is 0 Å². The minimum atomic E-state index is -2.94. The Morgan fingerprint density at radius 2 is 2.00 bits per heavy atom. The van der Waals surface area contributed by atoms with Gasteiger partial charge in [0.05, 0.1) is 5.75 Å². The van der Waals surface area contributed by atoms with Gasteiger partial charge in [0, 0.05) is 25.0 Å². The van der Waals surface area contributed by atoms with Gasteiger partial charge in [0.25, 0.3) is 0 Å². The summed E-state index contributed by atoms with van der Waals surface area (Å²) < 4.78 is 22.5. The summed E-state index contributed by atoms with van der Waals surface area (Å²) in [6.45, 7) is 3.94. The molecule has 4 nitrogen and oxygen atoms in total. The summed E-state index contributed by atoms with van der Waals surface area (Å²) in [4.78, 5) is 2.08. The topological polar surface area (TPSA) is 63.4 Å². The van der Waals surface area contributed by atoms with Crippen LogP contribution in [-0.2, 0) is 9.84 Å². The van der Waals surface area contributed by atoms with Crippen molar-refractivity contribution in [1.29, 1.82) is 0 Å². The molecule has 18 heavy (non-hydrogen) atoms. The van der Waals surface area contributed by atoms with E-state index >= 15 is 0 Å². The molecule has 1 rings (SSSR count). The summed E-state index contributed by atoms with van der Waals surface area (Å²) in [5, 5.41) is 0. The number of benzene rings is 1. The molecule has 1 aromatic carbocycles. The predicted octanol–water partition coefficient (Wildman–Crippen LogP) is 1.19. The molecular weight excluding hydrogens is 248 g/mol. The van der Waals surface area contributed by atoms with Crippen molar-refractivity contribution in [1.82, 2.24) is 0 Å². The van der Waals surface area contributed by atoms with Crippen molar-refractivity contribution in [2.75, 3.05) is 36.5 Å². The molecule has 0 aliphatic rings. The summed E-state index contributed by atoms with van der Waals surface area (Å²) in [6, 6.07) is 8.09. The molecule has 0 aromatic heterocycles. The predicted molar refractivity (Wildman–Crippen MR) is 76.8 cm³/mol. The first-order valence-electron chi connectivity index (χ1n) is 6.12. The van der Waals surface area contributed by atoms with Gasteiger partial charge in [-0.3, -0.25) is 0 Å². The largest absolute Gasteiger partial charge is 0.370 e. The Balaban J connectivity index is 2.77. The van der Waals surface area contributed by atoms with E-state index in [-0.39, 0.29) is 5.75 Å². The minimum Gasteiger partial charge on any atom is -0.370 e. The molecule has 0 radical (unpaired) electrons. The molecule has 102 valence electrons. The summed E-state index contributed by atoms with van der Waals surface area (Å²) in [6.07, 6.45) is 2.13. The van der Waals surface area contributed by atoms with E-state index in [1.807, 2.05) is 25.1 Å². The first-order valence-corrected chi connectivity index (χ1v) is 8.18. The average molecular weight is 270 g/mol. The number of hydrogen-bond acceptors (Lipinski definition) is 4. The van der Waals surface area contributed by atoms with Crippen LogP contribution >= 0.6 is 0 Å². The Bertz CT molecular complexity index is 472. The molecule has 0 unspecified atom stereocenters. The number of hydrogen-bond donors (Lipinski definition) is 1. The van der Waals surface area contributed by atoms with E-state index in [4.69, 9.17) is 5.73 Å². The number of rotatable bonds is 7. The molecule has 0 saturated carbocycles. The summed E-state index contributed by atoms with van der Waals surface area (Å²) in [5.41, 5.74) is 7.75. The first kappa shape index (κ1) is 15.0. The SMILES string of the molecule is Cc1cccc(N(CCCN)CCS(C)(=O)=O)c1. The van der Waals surface area contributed by atoms with E-state index in [1.54, 1.807) is 0 Å². The molecule has 0 bridgehead atoms. The lowest BCUT2D eigenvalue weighted by atomic mass is 10.2. The Morgan fingerprint density at radius 1 is 1.28 bits per heavy atom. The maximum atomic E-state index is 11.3. The molecule has 1 aromatic rings. The molecule has 0 spiro atoms. The zero-order chi connectivity index (χ0) is 13.6. The van der Waals surface area contributed by atoms with Crippen molar-refractivity contribution in [3.63, 3.8) is 0 Å². The second-order valence-electron chi connectivity index (χ2n) is 4.60. The van der Waals surface area contributed by atoms with Crippen molar-refractivity contribution in [2.45, 2.75) is 13.3 Å². The van der Waals surface area contributed by atoms with Crippen molar-refractivity contribution in [2.24, 2.45) is 5.73 Å². The Morgan fingerprint density at radius 3 is 2.56 bits per heavy atom. The maximum absolute atomic E-state index is 11.3. The summed E-state index contributed by atoms with van der Waals surface area (Å²) in [5.74, 6) is 0.172. The lowest BCUT2D eigenvalue weighted by Gasteiger charge is -2.24. The zero-order valence-corrected chi connectivity index (χ0v) is 11.9. The highest BCUT2D eigenvalue weighted by Crippen LogP contribution is 2.16. The highest BCUT2D eigenvalue weighted by Gasteiger charge is 2.10. The van der Waals surface area contributed by atoms with Gasteiger partial charge in [0.15, 0.2) is 0 Å². The van der Waals surface area contributed by atoms with Gasteiger partial charge < -0.3 is 10.6 Å². The van der Waals surface area contributed by atoms with Crippen LogP contribution in [0.3, 0.4) is 0 Å². The van der Waals surface area contributed by atoms with E-state index in [9.17, 15) is 8.42 Å².